The van der Waals surface area contributed by atoms with Gasteiger partial charge in [0.2, 0.25) is 10.0 Å². The summed E-state index contributed by atoms with van der Waals surface area (Å²) < 4.78 is 28.0. The van der Waals surface area contributed by atoms with Crippen LogP contribution in [0.2, 0.25) is 5.02 Å². The Morgan fingerprint density at radius 2 is 1.95 bits per heavy atom. The van der Waals surface area contributed by atoms with Gasteiger partial charge in [-0.15, -0.1) is 0 Å². The van der Waals surface area contributed by atoms with Crippen LogP contribution in [0, 0.1) is 0 Å². The Hall–Kier alpha value is -2.09. The van der Waals surface area contributed by atoms with Gasteiger partial charge in [-0.1, -0.05) is 17.7 Å². The first kappa shape index (κ1) is 16.3. The highest BCUT2D eigenvalue weighted by molar-refractivity contribution is 7.89. The molecule has 0 heterocycles. The number of benzene rings is 2. The number of sulfonamides is 1. The molecule has 0 atom stereocenters. The van der Waals surface area contributed by atoms with Crippen molar-refractivity contribution < 1.29 is 17.9 Å². The SMILES string of the molecule is COc1ccc(NC(=O)c2cccc(Cl)c2)cc1S(N)(=O)=O. The van der Waals surface area contributed by atoms with E-state index in [9.17, 15) is 13.2 Å². The van der Waals surface area contributed by atoms with E-state index in [1.54, 1.807) is 18.2 Å². The predicted molar refractivity (Wildman–Crippen MR) is 83.8 cm³/mol. The average Bonchev–Trinajstić information content (AvgIpc) is 2.46. The number of nitrogens with two attached hydrogens (primary N) is 1. The van der Waals surface area contributed by atoms with Crippen LogP contribution in [0.4, 0.5) is 5.69 Å². The number of halogens is 1. The molecular weight excluding hydrogens is 328 g/mol. The molecule has 0 bridgehead atoms. The number of methoxy groups -OCH3 is 1. The van der Waals surface area contributed by atoms with Gasteiger partial charge < -0.3 is 10.1 Å². The van der Waals surface area contributed by atoms with Crippen LogP contribution in [0.5, 0.6) is 5.75 Å². The molecule has 2 aromatic carbocycles. The minimum absolute atomic E-state index is 0.100. The molecule has 0 aliphatic rings. The molecular formula is C14H13ClN2O4S. The highest BCUT2D eigenvalue weighted by Crippen LogP contribution is 2.26. The van der Waals surface area contributed by atoms with Crippen molar-refractivity contribution in [2.24, 2.45) is 5.14 Å². The third kappa shape index (κ3) is 3.76. The standard InChI is InChI=1S/C14H13ClN2O4S/c1-21-12-6-5-11(8-13(12)22(16,19)20)17-14(18)9-3-2-4-10(15)7-9/h2-8H,1H3,(H,17,18)(H2,16,19,20). The lowest BCUT2D eigenvalue weighted by molar-refractivity contribution is 0.102. The summed E-state index contributed by atoms with van der Waals surface area (Å²) in [5, 5.41) is 8.13. The van der Waals surface area contributed by atoms with Crippen LogP contribution in [0.1, 0.15) is 10.4 Å². The van der Waals surface area contributed by atoms with E-state index < -0.39 is 15.9 Å². The number of carbonyl (C=O) groups excluding carboxylic acids is 1. The van der Waals surface area contributed by atoms with Gasteiger partial charge in [-0.3, -0.25) is 4.79 Å². The van der Waals surface area contributed by atoms with Gasteiger partial charge in [-0.25, -0.2) is 13.6 Å². The zero-order valence-electron chi connectivity index (χ0n) is 11.5. The van der Waals surface area contributed by atoms with Crippen molar-refractivity contribution in [3.63, 3.8) is 0 Å². The lowest BCUT2D eigenvalue weighted by Gasteiger charge is -2.10. The van der Waals surface area contributed by atoms with E-state index in [1.165, 1.54) is 31.4 Å². The summed E-state index contributed by atoms with van der Waals surface area (Å²) in [6.45, 7) is 0. The van der Waals surface area contributed by atoms with Crippen molar-refractivity contribution in [3.8, 4) is 5.75 Å². The summed E-state index contributed by atoms with van der Waals surface area (Å²) >= 11 is 5.82. The molecule has 6 nitrogen and oxygen atoms in total. The molecule has 0 unspecified atom stereocenters. The Balaban J connectivity index is 2.33. The highest BCUT2D eigenvalue weighted by atomic mass is 35.5. The number of anilines is 1. The lowest BCUT2D eigenvalue weighted by Crippen LogP contribution is -2.15. The number of rotatable bonds is 4. The maximum Gasteiger partial charge on any atom is 0.255 e. The Kier molecular flexibility index (Phi) is 4.70. The van der Waals surface area contributed by atoms with Gasteiger partial charge in [-0.05, 0) is 36.4 Å². The zero-order chi connectivity index (χ0) is 16.3. The summed E-state index contributed by atoms with van der Waals surface area (Å²) in [5.41, 5.74) is 0.621. The van der Waals surface area contributed by atoms with Gasteiger partial charge in [-0.2, -0.15) is 0 Å². The van der Waals surface area contributed by atoms with Crippen LogP contribution in [-0.4, -0.2) is 21.4 Å². The number of hydrogen-bond acceptors (Lipinski definition) is 4. The largest absolute Gasteiger partial charge is 0.495 e. The number of hydrogen-bond donors (Lipinski definition) is 2. The number of carbonyl (C=O) groups is 1. The zero-order valence-corrected chi connectivity index (χ0v) is 13.1. The van der Waals surface area contributed by atoms with Crippen molar-refractivity contribution in [1.82, 2.24) is 0 Å². The van der Waals surface area contributed by atoms with Crippen LogP contribution in [0.3, 0.4) is 0 Å². The van der Waals surface area contributed by atoms with Gasteiger partial charge in [0.25, 0.3) is 5.91 Å². The van der Waals surface area contributed by atoms with E-state index in [0.29, 0.717) is 10.6 Å². The molecule has 0 aliphatic heterocycles. The van der Waals surface area contributed by atoms with Crippen molar-refractivity contribution in [2.75, 3.05) is 12.4 Å². The number of ether oxygens (including phenoxy) is 1. The van der Waals surface area contributed by atoms with Crippen LogP contribution in [-0.2, 0) is 10.0 Å². The fraction of sp³-hybridized carbons (Fsp3) is 0.0714. The summed E-state index contributed by atoms with van der Waals surface area (Å²) in [4.78, 5) is 11.9. The van der Waals surface area contributed by atoms with Gasteiger partial charge in [0.1, 0.15) is 10.6 Å². The summed E-state index contributed by atoms with van der Waals surface area (Å²) in [6, 6.07) is 10.5. The molecule has 2 aromatic rings. The van der Waals surface area contributed by atoms with E-state index in [2.05, 4.69) is 5.32 Å². The quantitative estimate of drug-likeness (QED) is 0.891. The molecule has 0 aromatic heterocycles. The van der Waals surface area contributed by atoms with Gasteiger partial charge in [0.05, 0.1) is 7.11 Å². The number of nitrogens with one attached hydrogen (secondary N) is 1. The smallest absolute Gasteiger partial charge is 0.255 e. The first-order valence-electron chi connectivity index (χ1n) is 6.09. The predicted octanol–water partition coefficient (Wildman–Crippen LogP) is 2.25. The molecule has 22 heavy (non-hydrogen) atoms. The fourth-order valence-corrected chi connectivity index (χ4v) is 2.72. The summed E-state index contributed by atoms with van der Waals surface area (Å²) in [5.74, 6) is -0.323. The van der Waals surface area contributed by atoms with E-state index in [0.717, 1.165) is 0 Å². The molecule has 1 amide bonds. The van der Waals surface area contributed by atoms with Gasteiger partial charge in [0, 0.05) is 16.3 Å². The maximum atomic E-state index is 12.1. The van der Waals surface area contributed by atoms with Crippen LogP contribution in [0.15, 0.2) is 47.4 Å². The Bertz CT molecular complexity index is 821. The molecule has 2 rings (SSSR count). The molecule has 0 saturated carbocycles. The third-order valence-corrected chi connectivity index (χ3v) is 3.98. The molecule has 0 spiro atoms. The van der Waals surface area contributed by atoms with Gasteiger partial charge in [0.15, 0.2) is 0 Å². The molecule has 0 aliphatic carbocycles. The number of amides is 1. The van der Waals surface area contributed by atoms with Crippen LogP contribution in [0.25, 0.3) is 0 Å². The Labute approximate surface area is 132 Å². The maximum absolute atomic E-state index is 12.1. The second kappa shape index (κ2) is 6.35. The molecule has 0 saturated heterocycles. The van der Waals surface area contributed by atoms with Crippen molar-refractivity contribution >= 4 is 33.2 Å². The van der Waals surface area contributed by atoms with Crippen molar-refractivity contribution in [2.45, 2.75) is 4.90 Å². The first-order valence-corrected chi connectivity index (χ1v) is 8.01. The number of primary sulfonamides is 1. The van der Waals surface area contributed by atoms with E-state index in [1.807, 2.05) is 0 Å². The molecule has 0 radical (unpaired) electrons. The first-order chi connectivity index (χ1) is 10.3. The third-order valence-electron chi connectivity index (χ3n) is 2.81. The minimum Gasteiger partial charge on any atom is -0.495 e. The molecule has 0 fully saturated rings. The van der Waals surface area contributed by atoms with Crippen molar-refractivity contribution in [3.05, 3.63) is 53.1 Å². The minimum atomic E-state index is -3.97. The summed E-state index contributed by atoms with van der Waals surface area (Å²) in [6.07, 6.45) is 0. The highest BCUT2D eigenvalue weighted by Gasteiger charge is 2.16. The summed E-state index contributed by atoms with van der Waals surface area (Å²) in [7, 11) is -2.65. The fourth-order valence-electron chi connectivity index (χ4n) is 1.81. The Morgan fingerprint density at radius 1 is 1.23 bits per heavy atom. The van der Waals surface area contributed by atoms with E-state index >= 15 is 0 Å². The van der Waals surface area contributed by atoms with Gasteiger partial charge >= 0.3 is 0 Å². The second-order valence-electron chi connectivity index (χ2n) is 4.38. The Morgan fingerprint density at radius 3 is 2.55 bits per heavy atom. The van der Waals surface area contributed by atoms with E-state index in [4.69, 9.17) is 21.5 Å². The normalized spacial score (nSPS) is 11.0. The molecule has 116 valence electrons. The monoisotopic (exact) mass is 340 g/mol. The second-order valence-corrected chi connectivity index (χ2v) is 6.34. The average molecular weight is 341 g/mol. The lowest BCUT2D eigenvalue weighted by atomic mass is 10.2. The van der Waals surface area contributed by atoms with E-state index in [-0.39, 0.29) is 16.3 Å². The van der Waals surface area contributed by atoms with Crippen molar-refractivity contribution in [1.29, 1.82) is 0 Å². The van der Waals surface area contributed by atoms with Crippen LogP contribution < -0.4 is 15.2 Å². The topological polar surface area (TPSA) is 98.5 Å². The molecule has 3 N–H and O–H groups in total. The van der Waals surface area contributed by atoms with Crippen LogP contribution >= 0.6 is 11.6 Å². The molecule has 8 heteroatoms.